The van der Waals surface area contributed by atoms with Crippen LogP contribution in [0.5, 0.6) is 11.5 Å². The predicted molar refractivity (Wildman–Crippen MR) is 271 cm³/mol. The van der Waals surface area contributed by atoms with Crippen LogP contribution in [0.1, 0.15) is 56.6 Å². The lowest BCUT2D eigenvalue weighted by Gasteiger charge is -2.30. The zero-order chi connectivity index (χ0) is 49.6. The molecule has 2 aliphatic rings. The third-order valence-corrected chi connectivity index (χ3v) is 14.9. The fourth-order valence-electron chi connectivity index (χ4n) is 8.22. The van der Waals surface area contributed by atoms with Gasteiger partial charge in [0.25, 0.3) is 20.0 Å². The van der Waals surface area contributed by atoms with E-state index in [9.17, 15) is 26.4 Å². The summed E-state index contributed by atoms with van der Waals surface area (Å²) in [6.45, 7) is 1.33. The Hall–Kier alpha value is -5.56. The highest BCUT2D eigenvalue weighted by atomic mass is 35.5. The van der Waals surface area contributed by atoms with Crippen molar-refractivity contribution in [3.05, 3.63) is 186 Å². The molecule has 0 fully saturated rings. The number of hydrogen-bond acceptors (Lipinski definition) is 12. The second kappa shape index (κ2) is 22.2. The number of sulfonamides is 2. The molecule has 0 aliphatic carbocycles. The molecule has 2 unspecified atom stereocenters. The van der Waals surface area contributed by atoms with Gasteiger partial charge in [-0.2, -0.15) is 0 Å². The Bertz CT molecular complexity index is 3130. The second-order valence-electron chi connectivity index (χ2n) is 16.7. The highest BCUT2D eigenvalue weighted by Crippen LogP contribution is 2.40. The molecule has 6 aromatic carbocycles. The zero-order valence-corrected chi connectivity index (χ0v) is 42.1. The molecular formula is C50H46Cl4N4O10S2. The summed E-state index contributed by atoms with van der Waals surface area (Å²) < 4.78 is 74.7. The molecule has 2 heterocycles. The summed E-state index contributed by atoms with van der Waals surface area (Å²) in [5.41, 5.74) is 6.34. The van der Waals surface area contributed by atoms with E-state index in [1.54, 1.807) is 42.5 Å². The summed E-state index contributed by atoms with van der Waals surface area (Å²) in [4.78, 5) is 32.1. The molecule has 2 aliphatic heterocycles. The molecule has 0 saturated heterocycles. The summed E-state index contributed by atoms with van der Waals surface area (Å²) in [7, 11) is -9.11. The summed E-state index contributed by atoms with van der Waals surface area (Å²) >= 11 is 25.0. The molecular weight excluding hydrogens is 1020 g/mol. The summed E-state index contributed by atoms with van der Waals surface area (Å²) in [6.07, 6.45) is 2.85. The van der Waals surface area contributed by atoms with E-state index in [2.05, 4.69) is 15.4 Å². The molecule has 0 aromatic heterocycles. The van der Waals surface area contributed by atoms with Crippen LogP contribution in [0.25, 0.3) is 0 Å². The van der Waals surface area contributed by atoms with E-state index in [0.717, 1.165) is 45.2 Å². The monoisotopic (exact) mass is 1070 g/mol. The van der Waals surface area contributed by atoms with Gasteiger partial charge in [-0.3, -0.25) is 4.72 Å². The van der Waals surface area contributed by atoms with Crippen molar-refractivity contribution in [2.45, 2.75) is 51.0 Å². The van der Waals surface area contributed by atoms with Crippen molar-refractivity contribution in [1.29, 1.82) is 0 Å². The van der Waals surface area contributed by atoms with E-state index in [1.807, 2.05) is 72.8 Å². The van der Waals surface area contributed by atoms with E-state index in [0.29, 0.717) is 64.4 Å². The second-order valence-corrected chi connectivity index (χ2v) is 21.8. The number of fused-ring (bicyclic) bond motifs is 2. The van der Waals surface area contributed by atoms with Gasteiger partial charge in [0.1, 0.15) is 30.4 Å². The third-order valence-electron chi connectivity index (χ3n) is 11.5. The highest BCUT2D eigenvalue weighted by molar-refractivity contribution is 7.92. The average Bonchev–Trinajstić information content (AvgIpc) is 3.33. The van der Waals surface area contributed by atoms with Gasteiger partial charge in [-0.25, -0.2) is 26.4 Å². The van der Waals surface area contributed by atoms with Crippen molar-refractivity contribution in [3.63, 3.8) is 0 Å². The fraction of sp³-hybridized carbons (Fsp3) is 0.240. The summed E-state index contributed by atoms with van der Waals surface area (Å²) in [6, 6.07) is 35.0. The Morgan fingerprint density at radius 3 is 1.63 bits per heavy atom. The zero-order valence-electron chi connectivity index (χ0n) is 37.4. The van der Waals surface area contributed by atoms with Crippen LogP contribution >= 0.6 is 46.4 Å². The van der Waals surface area contributed by atoms with Crippen molar-refractivity contribution >= 4 is 89.8 Å². The molecule has 366 valence electrons. The van der Waals surface area contributed by atoms with Crippen LogP contribution < -0.4 is 29.3 Å². The minimum Gasteiger partial charge on any atom is -0.487 e. The molecule has 70 heavy (non-hydrogen) atoms. The molecule has 8 rings (SSSR count). The Balaban J connectivity index is 1.03. The Morgan fingerprint density at radius 1 is 0.614 bits per heavy atom. The minimum atomic E-state index is -4.59. The number of rotatable bonds is 17. The van der Waals surface area contributed by atoms with Gasteiger partial charge in [-0.15, -0.1) is 0 Å². The molecule has 0 spiro atoms. The molecule has 0 bridgehead atoms. The molecule has 14 nitrogen and oxygen atoms in total. The molecule has 0 saturated carbocycles. The largest absolute Gasteiger partial charge is 0.487 e. The van der Waals surface area contributed by atoms with Crippen molar-refractivity contribution in [1.82, 2.24) is 10.6 Å². The van der Waals surface area contributed by atoms with Gasteiger partial charge >= 0.3 is 11.9 Å². The molecule has 20 heteroatoms. The van der Waals surface area contributed by atoms with Gasteiger partial charge in [0.2, 0.25) is 5.94 Å². The Kier molecular flexibility index (Phi) is 16.2. The minimum absolute atomic E-state index is 0.00759. The quantitative estimate of drug-likeness (QED) is 0.0449. The number of hydrogen-bond donors (Lipinski definition) is 3. The van der Waals surface area contributed by atoms with Crippen LogP contribution in [-0.2, 0) is 78.1 Å². The van der Waals surface area contributed by atoms with Gasteiger partial charge in [0.15, 0.2) is 0 Å². The standard InChI is InChI=1S/C50H46Cl4N4O10S2/c1-69(61,62)58(46-27-38-36(25-48(46)66-29-32-10-6-3-7-11-32)17-19-56-44(38)23-34-13-15-40(52)42(54)21-34)68-50(60)49(59)67-30-70(63,64)57-45-26-37-35(24-47(45)65-28-31-8-4-2-5-9-31)16-18-55-43(37)22-33-12-14-39(51)41(53)20-33/h2-15,20-21,24-27,43-44,55-57H,16-19,22-23,28-30H2,1H3. The summed E-state index contributed by atoms with van der Waals surface area (Å²) in [5.74, 6) is -4.73. The van der Waals surface area contributed by atoms with Crippen LogP contribution in [0.4, 0.5) is 11.4 Å². The van der Waals surface area contributed by atoms with E-state index >= 15 is 0 Å². The Labute approximate surface area is 426 Å². The number of nitrogens with one attached hydrogen (secondary N) is 3. The van der Waals surface area contributed by atoms with E-state index in [1.165, 1.54) is 6.07 Å². The maximum Gasteiger partial charge on any atom is 0.442 e. The maximum absolute atomic E-state index is 13.8. The molecule has 0 radical (unpaired) electrons. The molecule has 3 N–H and O–H groups in total. The molecule has 6 aromatic rings. The first-order valence-electron chi connectivity index (χ1n) is 21.9. The van der Waals surface area contributed by atoms with Gasteiger partial charge in [-0.1, -0.05) is 124 Å². The van der Waals surface area contributed by atoms with Crippen LogP contribution in [0, 0.1) is 0 Å². The SMILES string of the molecule is CS(=O)(=O)N(OC(=O)C(=O)OCS(=O)(=O)Nc1cc2c(cc1OCc1ccccc1)CCNC2Cc1ccc(Cl)c(Cl)c1)c1cc2c(cc1OCc1ccccc1)CCNC2Cc1ccc(Cl)c(Cl)c1. The number of esters is 1. The number of anilines is 2. The average molecular weight is 1070 g/mol. The van der Waals surface area contributed by atoms with Crippen molar-refractivity contribution in [2.24, 2.45) is 0 Å². The van der Waals surface area contributed by atoms with Gasteiger partial charge in [-0.05, 0) is 132 Å². The van der Waals surface area contributed by atoms with E-state index in [-0.39, 0.29) is 52.6 Å². The number of carbonyl (C=O) groups is 2. The highest BCUT2D eigenvalue weighted by Gasteiger charge is 2.34. The normalized spacial score (nSPS) is 15.5. The Morgan fingerprint density at radius 2 is 1.11 bits per heavy atom. The first-order chi connectivity index (χ1) is 33.5. The van der Waals surface area contributed by atoms with E-state index in [4.69, 9.17) is 65.5 Å². The number of halogens is 4. The third kappa shape index (κ3) is 12.8. The van der Waals surface area contributed by atoms with E-state index < -0.39 is 37.9 Å². The number of benzene rings is 6. The number of nitrogens with zero attached hydrogens (tertiary/aromatic N) is 1. The predicted octanol–water partition coefficient (Wildman–Crippen LogP) is 9.48. The lowest BCUT2D eigenvalue weighted by atomic mass is 9.89. The van der Waals surface area contributed by atoms with Crippen molar-refractivity contribution in [2.75, 3.05) is 34.5 Å². The first kappa shape index (κ1) is 50.8. The van der Waals surface area contributed by atoms with Gasteiger partial charge < -0.3 is 29.7 Å². The van der Waals surface area contributed by atoms with Crippen LogP contribution in [0.2, 0.25) is 20.1 Å². The van der Waals surface area contributed by atoms with Crippen molar-refractivity contribution < 1.29 is 45.5 Å². The van der Waals surface area contributed by atoms with Gasteiger partial charge in [0.05, 0.1) is 32.0 Å². The first-order valence-corrected chi connectivity index (χ1v) is 26.9. The number of ether oxygens (including phenoxy) is 3. The van der Waals surface area contributed by atoms with Crippen LogP contribution in [0.3, 0.4) is 0 Å². The molecule has 2 atom stereocenters. The van der Waals surface area contributed by atoms with Crippen LogP contribution in [0.15, 0.2) is 121 Å². The fourth-order valence-corrected chi connectivity index (χ4v) is 10.4. The summed E-state index contributed by atoms with van der Waals surface area (Å²) in [5, 5.41) is 8.50. The molecule has 0 amide bonds. The lowest BCUT2D eigenvalue weighted by Crippen LogP contribution is -2.37. The lowest BCUT2D eigenvalue weighted by molar-refractivity contribution is -0.166. The topological polar surface area (TPSA) is 179 Å². The van der Waals surface area contributed by atoms with Crippen molar-refractivity contribution in [3.8, 4) is 11.5 Å². The smallest absolute Gasteiger partial charge is 0.442 e. The maximum atomic E-state index is 13.8. The van der Waals surface area contributed by atoms with Crippen LogP contribution in [-0.4, -0.2) is 54.1 Å². The van der Waals surface area contributed by atoms with Gasteiger partial charge in [0, 0.05) is 12.1 Å². The number of carbonyl (C=O) groups excluding carboxylic acids is 2.